The lowest BCUT2D eigenvalue weighted by Gasteiger charge is -2.05. The molecular formula is C14H16N2O2. The van der Waals surface area contributed by atoms with Gasteiger partial charge >= 0.3 is 0 Å². The van der Waals surface area contributed by atoms with Gasteiger partial charge in [-0.05, 0) is 18.9 Å². The average molecular weight is 244 g/mol. The molecule has 2 heterocycles. The molecule has 0 saturated carbocycles. The second-order valence-corrected chi connectivity index (χ2v) is 4.68. The maximum atomic E-state index is 5.38. The van der Waals surface area contributed by atoms with Crippen LogP contribution in [-0.2, 0) is 4.74 Å². The van der Waals surface area contributed by atoms with E-state index in [9.17, 15) is 0 Å². The van der Waals surface area contributed by atoms with E-state index in [0.717, 1.165) is 18.9 Å². The molecular weight excluding hydrogens is 228 g/mol. The minimum Gasteiger partial charge on any atom is -0.381 e. The number of benzene rings is 1. The van der Waals surface area contributed by atoms with Crippen molar-refractivity contribution in [3.8, 4) is 0 Å². The molecule has 18 heavy (non-hydrogen) atoms. The molecule has 94 valence electrons. The third kappa shape index (κ3) is 2.16. The second-order valence-electron chi connectivity index (χ2n) is 4.68. The van der Waals surface area contributed by atoms with Gasteiger partial charge in [0.25, 0.3) is 0 Å². The van der Waals surface area contributed by atoms with Crippen LogP contribution in [0.15, 0.2) is 34.9 Å². The molecule has 4 heteroatoms. The van der Waals surface area contributed by atoms with E-state index in [1.807, 2.05) is 18.2 Å². The first-order valence-electron chi connectivity index (χ1n) is 6.31. The fourth-order valence-electron chi connectivity index (χ4n) is 2.21. The van der Waals surface area contributed by atoms with Gasteiger partial charge in [-0.1, -0.05) is 35.5 Å². The van der Waals surface area contributed by atoms with E-state index >= 15 is 0 Å². The highest BCUT2D eigenvalue weighted by atomic mass is 16.5. The fraction of sp³-hybridized carbons (Fsp3) is 0.429. The summed E-state index contributed by atoms with van der Waals surface area (Å²) in [6, 6.07) is 10.2. The Labute approximate surface area is 106 Å². The van der Waals surface area contributed by atoms with Gasteiger partial charge in [0.05, 0.1) is 12.5 Å². The van der Waals surface area contributed by atoms with Gasteiger partial charge in [0.1, 0.15) is 0 Å². The normalized spacial score (nSPS) is 21.1. The second kappa shape index (κ2) is 4.90. The van der Waals surface area contributed by atoms with E-state index in [4.69, 9.17) is 9.26 Å². The largest absolute Gasteiger partial charge is 0.381 e. The van der Waals surface area contributed by atoms with E-state index in [1.165, 1.54) is 5.56 Å². The number of nitrogens with zero attached hydrogens (tertiary/aromatic N) is 2. The molecule has 1 aliphatic heterocycles. The summed E-state index contributed by atoms with van der Waals surface area (Å²) in [5.74, 6) is 1.90. The Kier molecular flexibility index (Phi) is 3.11. The summed E-state index contributed by atoms with van der Waals surface area (Å²) in [6.07, 6.45) is 0.985. The molecule has 0 spiro atoms. The quantitative estimate of drug-likeness (QED) is 0.833. The first-order chi connectivity index (χ1) is 8.84. The molecule has 1 saturated heterocycles. The van der Waals surface area contributed by atoms with Crippen molar-refractivity contribution >= 4 is 0 Å². The Morgan fingerprint density at radius 1 is 1.28 bits per heavy atom. The molecule has 0 radical (unpaired) electrons. The summed E-state index contributed by atoms with van der Waals surface area (Å²) < 4.78 is 10.7. The lowest BCUT2D eigenvalue weighted by molar-refractivity contribution is 0.192. The van der Waals surface area contributed by atoms with Crippen molar-refractivity contribution in [1.82, 2.24) is 10.1 Å². The number of ether oxygens (including phenoxy) is 1. The van der Waals surface area contributed by atoms with Gasteiger partial charge in [-0.3, -0.25) is 0 Å². The molecule has 1 aromatic carbocycles. The molecule has 0 aliphatic carbocycles. The smallest absolute Gasteiger partial charge is 0.233 e. The van der Waals surface area contributed by atoms with Crippen molar-refractivity contribution in [2.45, 2.75) is 25.2 Å². The molecule has 0 bridgehead atoms. The average Bonchev–Trinajstić information content (AvgIpc) is 3.09. The molecule has 1 aromatic heterocycles. The molecule has 1 aliphatic rings. The summed E-state index contributed by atoms with van der Waals surface area (Å²) in [7, 11) is 0. The predicted octanol–water partition coefficient (Wildman–Crippen LogP) is 2.73. The van der Waals surface area contributed by atoms with Crippen molar-refractivity contribution in [3.05, 3.63) is 47.6 Å². The Morgan fingerprint density at radius 3 is 2.83 bits per heavy atom. The molecule has 3 rings (SSSR count). The van der Waals surface area contributed by atoms with Gasteiger partial charge in [-0.15, -0.1) is 0 Å². The summed E-state index contributed by atoms with van der Waals surface area (Å²) in [4.78, 5) is 4.51. The Morgan fingerprint density at radius 2 is 2.11 bits per heavy atom. The number of aromatic nitrogens is 2. The molecule has 0 N–H and O–H groups in total. The standard InChI is InChI=1S/C14H16N2O2/c1-10(11-5-3-2-4-6-11)14-15-13(16-18-14)12-7-8-17-9-12/h2-6,10,12H,7-9H2,1H3/t10-,12+/m0/s1. The zero-order chi connectivity index (χ0) is 12.4. The van der Waals surface area contributed by atoms with Crippen LogP contribution in [0.3, 0.4) is 0 Å². The highest BCUT2D eigenvalue weighted by Gasteiger charge is 2.24. The van der Waals surface area contributed by atoms with Crippen molar-refractivity contribution in [2.75, 3.05) is 13.2 Å². The molecule has 2 aromatic rings. The third-order valence-corrected chi connectivity index (χ3v) is 3.42. The first kappa shape index (κ1) is 11.4. The lowest BCUT2D eigenvalue weighted by atomic mass is 10.0. The fourth-order valence-corrected chi connectivity index (χ4v) is 2.21. The Balaban J connectivity index is 1.80. The molecule has 1 fully saturated rings. The minimum atomic E-state index is 0.134. The van der Waals surface area contributed by atoms with E-state index in [0.29, 0.717) is 18.4 Å². The van der Waals surface area contributed by atoms with Crippen LogP contribution in [0.4, 0.5) is 0 Å². The number of hydrogen-bond donors (Lipinski definition) is 0. The van der Waals surface area contributed by atoms with Gasteiger partial charge in [0.15, 0.2) is 5.82 Å². The number of rotatable bonds is 3. The van der Waals surface area contributed by atoms with E-state index < -0.39 is 0 Å². The summed E-state index contributed by atoms with van der Waals surface area (Å²) in [5.41, 5.74) is 1.19. The predicted molar refractivity (Wildman–Crippen MR) is 66.4 cm³/mol. The van der Waals surface area contributed by atoms with Crippen molar-refractivity contribution in [3.63, 3.8) is 0 Å². The first-order valence-corrected chi connectivity index (χ1v) is 6.31. The van der Waals surface area contributed by atoms with Crippen LogP contribution in [0.5, 0.6) is 0 Å². The Hall–Kier alpha value is -1.68. The van der Waals surface area contributed by atoms with E-state index in [1.54, 1.807) is 0 Å². The molecule has 0 amide bonds. The summed E-state index contributed by atoms with van der Waals surface area (Å²) in [5, 5.41) is 4.08. The van der Waals surface area contributed by atoms with Crippen molar-refractivity contribution in [2.24, 2.45) is 0 Å². The maximum Gasteiger partial charge on any atom is 0.233 e. The molecule has 2 atom stereocenters. The lowest BCUT2D eigenvalue weighted by Crippen LogP contribution is -2.01. The summed E-state index contributed by atoms with van der Waals surface area (Å²) in [6.45, 7) is 3.58. The third-order valence-electron chi connectivity index (χ3n) is 3.42. The van der Waals surface area contributed by atoms with Crippen LogP contribution in [-0.4, -0.2) is 23.4 Å². The van der Waals surface area contributed by atoms with Crippen LogP contribution >= 0.6 is 0 Å². The van der Waals surface area contributed by atoms with Gasteiger partial charge in [-0.2, -0.15) is 4.98 Å². The van der Waals surface area contributed by atoms with Crippen LogP contribution in [0.1, 0.15) is 42.5 Å². The van der Waals surface area contributed by atoms with Gasteiger partial charge < -0.3 is 9.26 Å². The molecule has 4 nitrogen and oxygen atoms in total. The highest BCUT2D eigenvalue weighted by molar-refractivity contribution is 5.23. The maximum absolute atomic E-state index is 5.38. The highest BCUT2D eigenvalue weighted by Crippen LogP contribution is 2.26. The zero-order valence-electron chi connectivity index (χ0n) is 10.4. The molecule has 0 unspecified atom stereocenters. The van der Waals surface area contributed by atoms with E-state index in [2.05, 4.69) is 29.2 Å². The van der Waals surface area contributed by atoms with Crippen molar-refractivity contribution < 1.29 is 9.26 Å². The van der Waals surface area contributed by atoms with Crippen molar-refractivity contribution in [1.29, 1.82) is 0 Å². The van der Waals surface area contributed by atoms with Gasteiger partial charge in [0.2, 0.25) is 5.89 Å². The summed E-state index contributed by atoms with van der Waals surface area (Å²) >= 11 is 0. The van der Waals surface area contributed by atoms with Gasteiger partial charge in [0, 0.05) is 12.5 Å². The van der Waals surface area contributed by atoms with E-state index in [-0.39, 0.29) is 5.92 Å². The van der Waals surface area contributed by atoms with Crippen LogP contribution < -0.4 is 0 Å². The zero-order valence-corrected chi connectivity index (χ0v) is 10.4. The monoisotopic (exact) mass is 244 g/mol. The topological polar surface area (TPSA) is 48.2 Å². The van der Waals surface area contributed by atoms with Crippen LogP contribution in [0.25, 0.3) is 0 Å². The minimum absolute atomic E-state index is 0.134. The van der Waals surface area contributed by atoms with Crippen LogP contribution in [0.2, 0.25) is 0 Å². The number of hydrogen-bond acceptors (Lipinski definition) is 4. The Bertz CT molecular complexity index is 504. The van der Waals surface area contributed by atoms with Gasteiger partial charge in [-0.25, -0.2) is 0 Å². The SMILES string of the molecule is C[C@@H](c1ccccc1)c1nc([C@@H]2CCOC2)no1. The van der Waals surface area contributed by atoms with Crippen LogP contribution in [0, 0.1) is 0 Å².